The number of benzene rings is 2. The lowest BCUT2D eigenvalue weighted by Crippen LogP contribution is -2.26. The van der Waals surface area contributed by atoms with E-state index < -0.39 is 5.92 Å². The summed E-state index contributed by atoms with van der Waals surface area (Å²) in [4.78, 5) is 31.5. The summed E-state index contributed by atoms with van der Waals surface area (Å²) in [7, 11) is 0. The van der Waals surface area contributed by atoms with Gasteiger partial charge in [0.1, 0.15) is 6.61 Å². The Kier molecular flexibility index (Phi) is 5.06. The van der Waals surface area contributed by atoms with E-state index in [1.165, 1.54) is 0 Å². The fourth-order valence-electron chi connectivity index (χ4n) is 3.48. The number of esters is 1. The van der Waals surface area contributed by atoms with Gasteiger partial charge in [0.2, 0.25) is 0 Å². The minimum atomic E-state index is -0.397. The van der Waals surface area contributed by atoms with Crippen molar-refractivity contribution < 1.29 is 9.53 Å². The summed E-state index contributed by atoms with van der Waals surface area (Å²) < 4.78 is 5.43. The van der Waals surface area contributed by atoms with Crippen LogP contribution in [0.1, 0.15) is 18.4 Å². The molecule has 0 saturated heterocycles. The quantitative estimate of drug-likeness (QED) is 0.643. The van der Waals surface area contributed by atoms with Crippen LogP contribution in [0.5, 0.6) is 0 Å². The molecule has 1 unspecified atom stereocenters. The molecule has 3 aromatic carbocycles. The summed E-state index contributed by atoms with van der Waals surface area (Å²) in [5, 5.41) is 3.08. The van der Waals surface area contributed by atoms with E-state index in [0.717, 1.165) is 29.4 Å². The van der Waals surface area contributed by atoms with Crippen LogP contribution in [0.2, 0.25) is 0 Å². The molecule has 5 heteroatoms. The molecule has 0 fully saturated rings. The molecule has 5 nitrogen and oxygen atoms in total. The van der Waals surface area contributed by atoms with Gasteiger partial charge in [0.15, 0.2) is 5.43 Å². The van der Waals surface area contributed by atoms with Crippen LogP contribution in [0.25, 0.3) is 21.5 Å². The first-order valence-electron chi connectivity index (χ1n) is 9.50. The van der Waals surface area contributed by atoms with Gasteiger partial charge in [-0.3, -0.25) is 14.6 Å². The zero-order valence-electron chi connectivity index (χ0n) is 15.8. The van der Waals surface area contributed by atoms with Gasteiger partial charge in [-0.1, -0.05) is 54.6 Å². The molecule has 4 rings (SSSR count). The van der Waals surface area contributed by atoms with Crippen molar-refractivity contribution in [3.63, 3.8) is 0 Å². The van der Waals surface area contributed by atoms with E-state index >= 15 is 0 Å². The fourth-order valence-corrected chi connectivity index (χ4v) is 3.48. The van der Waals surface area contributed by atoms with Gasteiger partial charge in [-0.05, 0) is 23.3 Å². The van der Waals surface area contributed by atoms with Crippen LogP contribution in [0.4, 0.5) is 0 Å². The molecular weight excluding hydrogens is 352 g/mol. The summed E-state index contributed by atoms with van der Waals surface area (Å²) in [6.45, 7) is 4.50. The summed E-state index contributed by atoms with van der Waals surface area (Å²) in [6, 6.07) is 17.0. The molecule has 0 N–H and O–H groups in total. The SMILES string of the molecule is CC(C(=O)OCCN1C=NCC1)c1ccc2c(=O)c3ccccc3ccc2c1. The average molecular weight is 374 g/mol. The average Bonchev–Trinajstić information content (AvgIpc) is 3.20. The van der Waals surface area contributed by atoms with Gasteiger partial charge in [-0.25, -0.2) is 0 Å². The molecule has 1 atom stereocenters. The van der Waals surface area contributed by atoms with Gasteiger partial charge in [0.25, 0.3) is 0 Å². The van der Waals surface area contributed by atoms with Gasteiger partial charge >= 0.3 is 5.97 Å². The van der Waals surface area contributed by atoms with Crippen LogP contribution in [-0.4, -0.2) is 43.4 Å². The molecule has 0 amide bonds. The Morgan fingerprint density at radius 1 is 1.11 bits per heavy atom. The number of carbonyl (C=O) groups is 1. The molecule has 1 heterocycles. The minimum absolute atomic E-state index is 0.00431. The van der Waals surface area contributed by atoms with Crippen molar-refractivity contribution in [3.8, 4) is 0 Å². The van der Waals surface area contributed by atoms with E-state index in [9.17, 15) is 9.59 Å². The fraction of sp³-hybridized carbons (Fsp3) is 0.261. The predicted octanol–water partition coefficient (Wildman–Crippen LogP) is 3.34. The molecule has 3 aromatic rings. The second-order valence-corrected chi connectivity index (χ2v) is 7.04. The van der Waals surface area contributed by atoms with E-state index in [-0.39, 0.29) is 11.4 Å². The number of aliphatic imine (C=N–C) groups is 1. The number of hydrogen-bond donors (Lipinski definition) is 0. The number of rotatable bonds is 5. The third kappa shape index (κ3) is 3.60. The zero-order chi connectivity index (χ0) is 19.5. The minimum Gasteiger partial charge on any atom is -0.463 e. The smallest absolute Gasteiger partial charge is 0.313 e. The Balaban J connectivity index is 1.56. The molecule has 0 spiro atoms. The highest BCUT2D eigenvalue weighted by Crippen LogP contribution is 2.22. The molecule has 0 aliphatic carbocycles. The second-order valence-electron chi connectivity index (χ2n) is 7.04. The van der Waals surface area contributed by atoms with Crippen LogP contribution in [0.3, 0.4) is 0 Å². The van der Waals surface area contributed by atoms with Crippen LogP contribution in [0, 0.1) is 0 Å². The Morgan fingerprint density at radius 3 is 2.71 bits per heavy atom. The normalized spacial score (nSPS) is 14.5. The van der Waals surface area contributed by atoms with Crippen LogP contribution in [-0.2, 0) is 9.53 Å². The number of carbonyl (C=O) groups excluding carboxylic acids is 1. The van der Waals surface area contributed by atoms with E-state index in [0.29, 0.717) is 23.9 Å². The number of ether oxygens (including phenoxy) is 1. The highest BCUT2D eigenvalue weighted by Gasteiger charge is 2.18. The Bertz CT molecular complexity index is 1120. The summed E-state index contributed by atoms with van der Waals surface area (Å²) >= 11 is 0. The van der Waals surface area contributed by atoms with E-state index in [2.05, 4.69) is 4.99 Å². The van der Waals surface area contributed by atoms with Gasteiger partial charge < -0.3 is 9.64 Å². The first-order valence-corrected chi connectivity index (χ1v) is 9.50. The number of nitrogens with zero attached hydrogens (tertiary/aromatic N) is 2. The highest BCUT2D eigenvalue weighted by molar-refractivity contribution is 5.94. The second kappa shape index (κ2) is 7.80. The maximum absolute atomic E-state index is 12.9. The van der Waals surface area contributed by atoms with Crippen LogP contribution >= 0.6 is 0 Å². The van der Waals surface area contributed by atoms with Crippen molar-refractivity contribution in [2.75, 3.05) is 26.2 Å². The lowest BCUT2D eigenvalue weighted by Gasteiger charge is -2.16. The topological polar surface area (TPSA) is 59.0 Å². The maximum Gasteiger partial charge on any atom is 0.313 e. The first kappa shape index (κ1) is 18.2. The van der Waals surface area contributed by atoms with Crippen molar-refractivity contribution in [2.45, 2.75) is 12.8 Å². The van der Waals surface area contributed by atoms with E-state index in [4.69, 9.17) is 4.74 Å². The van der Waals surface area contributed by atoms with Crippen molar-refractivity contribution in [1.29, 1.82) is 0 Å². The van der Waals surface area contributed by atoms with Crippen molar-refractivity contribution in [1.82, 2.24) is 4.90 Å². The van der Waals surface area contributed by atoms with Gasteiger partial charge in [-0.2, -0.15) is 0 Å². The van der Waals surface area contributed by atoms with Gasteiger partial charge in [-0.15, -0.1) is 0 Å². The molecule has 142 valence electrons. The van der Waals surface area contributed by atoms with Crippen molar-refractivity contribution in [2.24, 2.45) is 4.99 Å². The maximum atomic E-state index is 12.9. The first-order chi connectivity index (χ1) is 13.6. The Morgan fingerprint density at radius 2 is 1.89 bits per heavy atom. The van der Waals surface area contributed by atoms with Gasteiger partial charge in [0.05, 0.1) is 25.3 Å². The van der Waals surface area contributed by atoms with Gasteiger partial charge in [0, 0.05) is 17.3 Å². The molecule has 0 saturated carbocycles. The highest BCUT2D eigenvalue weighted by atomic mass is 16.5. The van der Waals surface area contributed by atoms with Crippen molar-refractivity contribution >= 4 is 33.9 Å². The van der Waals surface area contributed by atoms with E-state index in [1.807, 2.05) is 66.4 Å². The molecule has 28 heavy (non-hydrogen) atoms. The van der Waals surface area contributed by atoms with E-state index in [1.54, 1.807) is 6.34 Å². The molecule has 1 aliphatic heterocycles. The van der Waals surface area contributed by atoms with Crippen LogP contribution in [0.15, 0.2) is 64.4 Å². The third-order valence-electron chi connectivity index (χ3n) is 5.21. The standard InChI is InChI=1S/C23H22N2O3/c1-16(23(27)28-13-12-25-11-10-24-15-25)18-8-9-21-19(14-18)7-6-17-4-2-3-5-20(17)22(21)26/h2-9,14-16H,10-13H2,1H3. The molecule has 0 radical (unpaired) electrons. The third-order valence-corrected chi connectivity index (χ3v) is 5.21. The van der Waals surface area contributed by atoms with Crippen LogP contribution < -0.4 is 5.43 Å². The summed E-state index contributed by atoms with van der Waals surface area (Å²) in [5.74, 6) is -0.657. The lowest BCUT2D eigenvalue weighted by molar-refractivity contribution is -0.145. The monoisotopic (exact) mass is 374 g/mol. The lowest BCUT2D eigenvalue weighted by atomic mass is 9.98. The Hall–Kier alpha value is -3.21. The Labute approximate surface area is 163 Å². The number of fused-ring (bicyclic) bond motifs is 2. The molecule has 0 aromatic heterocycles. The number of hydrogen-bond acceptors (Lipinski definition) is 5. The largest absolute Gasteiger partial charge is 0.463 e. The predicted molar refractivity (Wildman–Crippen MR) is 112 cm³/mol. The molecule has 1 aliphatic rings. The summed E-state index contributed by atoms with van der Waals surface area (Å²) in [5.41, 5.74) is 0.847. The molecule has 0 bridgehead atoms. The zero-order valence-corrected chi connectivity index (χ0v) is 15.8. The molecular formula is C23H22N2O3. The summed E-state index contributed by atoms with van der Waals surface area (Å²) in [6.07, 6.45) is 1.80. The van der Waals surface area contributed by atoms with Crippen molar-refractivity contribution in [3.05, 3.63) is 70.4 Å².